The molecule has 0 N–H and O–H groups in total. The highest BCUT2D eigenvalue weighted by Gasteiger charge is 2.18. The van der Waals surface area contributed by atoms with Gasteiger partial charge < -0.3 is 9.13 Å². The minimum atomic E-state index is 0.144. The summed E-state index contributed by atoms with van der Waals surface area (Å²) in [5.41, 5.74) is 2.90. The molecule has 0 radical (unpaired) electrons. The molecule has 48 heavy (non-hydrogen) atoms. The number of hydrogen-bond acceptors (Lipinski definition) is 6. The Hall–Kier alpha value is -5.96. The zero-order valence-electron chi connectivity index (χ0n) is 27.6. The van der Waals surface area contributed by atoms with Gasteiger partial charge in [0.25, 0.3) is 0 Å². The molecular formula is C40H38N8. The van der Waals surface area contributed by atoms with Gasteiger partial charge in [-0.25, -0.2) is 9.97 Å². The number of hydrogen-bond donors (Lipinski definition) is 0. The van der Waals surface area contributed by atoms with Crippen molar-refractivity contribution in [3.63, 3.8) is 0 Å². The van der Waals surface area contributed by atoms with Gasteiger partial charge in [0.15, 0.2) is 22.8 Å². The summed E-state index contributed by atoms with van der Waals surface area (Å²) in [5.74, 6) is 1.17. The van der Waals surface area contributed by atoms with Gasteiger partial charge in [0.1, 0.15) is 35.9 Å². The molecule has 2 heterocycles. The predicted octanol–water partition coefficient (Wildman–Crippen LogP) is 9.37. The average molecular weight is 631 g/mol. The minimum Gasteiger partial charge on any atom is -0.315 e. The fourth-order valence-electron chi connectivity index (χ4n) is 6.29. The fourth-order valence-corrected chi connectivity index (χ4v) is 6.29. The molecule has 0 aliphatic rings. The summed E-state index contributed by atoms with van der Waals surface area (Å²) < 4.78 is 3.73. The Morgan fingerprint density at radius 2 is 0.896 bits per heavy atom. The maximum atomic E-state index is 9.87. The molecule has 0 saturated carbocycles. The Balaban J connectivity index is 1.62. The number of unbranched alkanes of at least 4 members (excludes halogenated alkanes) is 6. The second-order valence-electron chi connectivity index (χ2n) is 11.8. The van der Waals surface area contributed by atoms with Gasteiger partial charge in [-0.15, -0.1) is 0 Å². The average Bonchev–Trinajstić information content (AvgIpc) is 3.65. The topological polar surface area (TPSA) is 131 Å². The standard InChI is InChI=1S/C40H38N8/c1-3-5-7-13-23-47-37(27-43)35(25-41)45-39(47)21-19-33-29-15-9-11-17-31(29)34(32-18-12-10-16-30(32)33)20-22-40-46-36(26-42)38(28-44)48(40)24-14-8-6-4-2/h9-12,15-22H,3-8,13-14,23-24H2,1-2H3/b21-19+,22-20+. The predicted molar refractivity (Wildman–Crippen MR) is 191 cm³/mol. The molecule has 238 valence electrons. The highest BCUT2D eigenvalue weighted by Crippen LogP contribution is 2.35. The Kier molecular flexibility index (Phi) is 11.2. The summed E-state index contributed by atoms with van der Waals surface area (Å²) in [6, 6.07) is 25.0. The van der Waals surface area contributed by atoms with E-state index in [0.717, 1.165) is 84.0 Å². The summed E-state index contributed by atoms with van der Waals surface area (Å²) >= 11 is 0. The first-order chi connectivity index (χ1) is 23.6. The summed E-state index contributed by atoms with van der Waals surface area (Å²) in [7, 11) is 0. The first-order valence-corrected chi connectivity index (χ1v) is 16.7. The zero-order valence-corrected chi connectivity index (χ0v) is 27.6. The van der Waals surface area contributed by atoms with E-state index in [1.165, 1.54) is 0 Å². The second kappa shape index (κ2) is 16.0. The van der Waals surface area contributed by atoms with Crippen LogP contribution in [0, 0.1) is 45.3 Å². The van der Waals surface area contributed by atoms with Crippen molar-refractivity contribution in [3.8, 4) is 24.3 Å². The smallest absolute Gasteiger partial charge is 0.177 e. The Labute approximate surface area is 282 Å². The number of fused-ring (bicyclic) bond motifs is 2. The molecule has 0 aliphatic heterocycles. The van der Waals surface area contributed by atoms with Crippen molar-refractivity contribution in [1.29, 1.82) is 21.0 Å². The van der Waals surface area contributed by atoms with Crippen molar-refractivity contribution in [3.05, 3.63) is 94.1 Å². The SMILES string of the molecule is CCCCCCn1c(/C=C/c2c3ccccc3c(/C=C/c3nc(C#N)c(C#N)n3CCCCCC)c3ccccc23)nc(C#N)c1C#N. The van der Waals surface area contributed by atoms with Gasteiger partial charge >= 0.3 is 0 Å². The van der Waals surface area contributed by atoms with E-state index in [9.17, 15) is 21.0 Å². The largest absolute Gasteiger partial charge is 0.315 e. The van der Waals surface area contributed by atoms with Crippen LogP contribution in [0.4, 0.5) is 0 Å². The molecule has 0 atom stereocenters. The van der Waals surface area contributed by atoms with E-state index in [0.29, 0.717) is 36.1 Å². The third-order valence-electron chi connectivity index (χ3n) is 8.70. The maximum Gasteiger partial charge on any atom is 0.177 e. The van der Waals surface area contributed by atoms with Crippen LogP contribution in [-0.2, 0) is 13.1 Å². The molecule has 8 heteroatoms. The molecular weight excluding hydrogens is 592 g/mol. The molecule has 0 saturated heterocycles. The van der Waals surface area contributed by atoms with Crippen LogP contribution in [0.2, 0.25) is 0 Å². The minimum absolute atomic E-state index is 0.144. The number of rotatable bonds is 14. The van der Waals surface area contributed by atoms with Crippen molar-refractivity contribution in [2.75, 3.05) is 0 Å². The molecule has 3 aromatic carbocycles. The second-order valence-corrected chi connectivity index (χ2v) is 11.8. The lowest BCUT2D eigenvalue weighted by atomic mass is 9.91. The van der Waals surface area contributed by atoms with Crippen LogP contribution >= 0.6 is 0 Å². The van der Waals surface area contributed by atoms with E-state index in [2.05, 4.69) is 72.4 Å². The molecule has 0 unspecified atom stereocenters. The van der Waals surface area contributed by atoms with Crippen LogP contribution in [-0.4, -0.2) is 19.1 Å². The number of benzene rings is 3. The number of aromatic nitrogens is 4. The van der Waals surface area contributed by atoms with Gasteiger partial charge in [0.2, 0.25) is 0 Å². The van der Waals surface area contributed by atoms with Gasteiger partial charge in [-0.3, -0.25) is 0 Å². The molecule has 5 aromatic rings. The molecule has 5 rings (SSSR count). The Morgan fingerprint density at radius 1 is 0.521 bits per heavy atom. The van der Waals surface area contributed by atoms with Crippen LogP contribution in [0.5, 0.6) is 0 Å². The van der Waals surface area contributed by atoms with E-state index in [4.69, 9.17) is 0 Å². The lowest BCUT2D eigenvalue weighted by Crippen LogP contribution is -2.04. The van der Waals surface area contributed by atoms with Crippen LogP contribution in [0.3, 0.4) is 0 Å². The molecule has 0 bridgehead atoms. The van der Waals surface area contributed by atoms with E-state index in [1.807, 2.05) is 57.7 Å². The molecule has 0 fully saturated rings. The summed E-state index contributed by atoms with van der Waals surface area (Å²) in [5, 5.41) is 43.3. The van der Waals surface area contributed by atoms with E-state index in [-0.39, 0.29) is 11.4 Å². The first-order valence-electron chi connectivity index (χ1n) is 16.7. The lowest BCUT2D eigenvalue weighted by Gasteiger charge is -2.13. The third kappa shape index (κ3) is 6.90. The van der Waals surface area contributed by atoms with Crippen LogP contribution in [0.25, 0.3) is 45.8 Å². The van der Waals surface area contributed by atoms with Gasteiger partial charge in [-0.2, -0.15) is 21.0 Å². The number of nitrogens with zero attached hydrogens (tertiary/aromatic N) is 8. The van der Waals surface area contributed by atoms with Gasteiger partial charge in [0, 0.05) is 13.1 Å². The van der Waals surface area contributed by atoms with Crippen LogP contribution < -0.4 is 0 Å². The Bertz CT molecular complexity index is 1950. The van der Waals surface area contributed by atoms with Crippen molar-refractivity contribution >= 4 is 45.8 Å². The molecule has 0 spiro atoms. The lowest BCUT2D eigenvalue weighted by molar-refractivity contribution is 0.576. The maximum absolute atomic E-state index is 9.87. The highest BCUT2D eigenvalue weighted by atomic mass is 15.1. The molecule has 0 amide bonds. The van der Waals surface area contributed by atoms with Gasteiger partial charge in [-0.05, 0) is 57.7 Å². The van der Waals surface area contributed by atoms with Crippen LogP contribution in [0.1, 0.15) is 111 Å². The van der Waals surface area contributed by atoms with Crippen molar-refractivity contribution in [1.82, 2.24) is 19.1 Å². The molecule has 0 aliphatic carbocycles. The summed E-state index contributed by atoms with van der Waals surface area (Å²) in [6.07, 6.45) is 16.2. The van der Waals surface area contributed by atoms with E-state index in [1.54, 1.807) is 0 Å². The van der Waals surface area contributed by atoms with Crippen molar-refractivity contribution in [2.45, 2.75) is 78.3 Å². The highest BCUT2D eigenvalue weighted by molar-refractivity contribution is 6.14. The Morgan fingerprint density at radius 3 is 1.21 bits per heavy atom. The summed E-state index contributed by atoms with van der Waals surface area (Å²) in [4.78, 5) is 9.09. The summed E-state index contributed by atoms with van der Waals surface area (Å²) in [6.45, 7) is 5.57. The number of imidazole rings is 2. The quantitative estimate of drug-likeness (QED) is 0.0887. The first kappa shape index (κ1) is 33.4. The normalized spacial score (nSPS) is 11.3. The van der Waals surface area contributed by atoms with Crippen LogP contribution in [0.15, 0.2) is 48.5 Å². The molecule has 2 aromatic heterocycles. The monoisotopic (exact) mass is 630 g/mol. The van der Waals surface area contributed by atoms with Gasteiger partial charge in [0.05, 0.1) is 0 Å². The fraction of sp³-hybridized carbons (Fsp3) is 0.300. The van der Waals surface area contributed by atoms with Gasteiger partial charge in [-0.1, -0.05) is 113 Å². The zero-order chi connectivity index (χ0) is 33.9. The third-order valence-corrected chi connectivity index (χ3v) is 8.70. The molecule has 8 nitrogen and oxygen atoms in total. The van der Waals surface area contributed by atoms with Crippen molar-refractivity contribution < 1.29 is 0 Å². The number of nitriles is 4. The van der Waals surface area contributed by atoms with Crippen molar-refractivity contribution in [2.24, 2.45) is 0 Å². The van der Waals surface area contributed by atoms with E-state index < -0.39 is 0 Å². The van der Waals surface area contributed by atoms with E-state index >= 15 is 0 Å².